The number of aromatic nitrogens is 1. The number of benzene rings is 2. The van der Waals surface area contributed by atoms with Crippen LogP contribution in [0.4, 0.5) is 18.3 Å². The van der Waals surface area contributed by atoms with Crippen LogP contribution in [0.5, 0.6) is 0 Å². The molecule has 0 unspecified atom stereocenters. The summed E-state index contributed by atoms with van der Waals surface area (Å²) in [6.07, 6.45) is -4.46. The molecular weight excluding hydrogens is 369 g/mol. The van der Waals surface area contributed by atoms with Crippen LogP contribution >= 0.6 is 11.3 Å². The second kappa shape index (κ2) is 6.41. The molecule has 0 saturated carbocycles. The lowest BCUT2D eigenvalue weighted by molar-refractivity contribution is -0.137. The van der Waals surface area contributed by atoms with E-state index in [-0.39, 0.29) is 26.5 Å². The zero-order valence-electron chi connectivity index (χ0n) is 13.2. The molecule has 5 nitrogen and oxygen atoms in total. The van der Waals surface area contributed by atoms with Crippen LogP contribution in [0.2, 0.25) is 0 Å². The number of aromatic carboxylic acids is 1. The van der Waals surface area contributed by atoms with Gasteiger partial charge in [0.05, 0.1) is 21.3 Å². The van der Waals surface area contributed by atoms with E-state index in [0.717, 1.165) is 23.5 Å². The van der Waals surface area contributed by atoms with Gasteiger partial charge in [0.25, 0.3) is 5.91 Å². The van der Waals surface area contributed by atoms with Crippen LogP contribution in [0, 0.1) is 6.92 Å². The predicted molar refractivity (Wildman–Crippen MR) is 90.7 cm³/mol. The first kappa shape index (κ1) is 17.9. The summed E-state index contributed by atoms with van der Waals surface area (Å²) in [5, 5.41) is 11.8. The molecule has 2 N–H and O–H groups in total. The number of hydrogen-bond donors (Lipinski definition) is 2. The average molecular weight is 380 g/mol. The second-order valence-corrected chi connectivity index (χ2v) is 6.47. The van der Waals surface area contributed by atoms with Gasteiger partial charge in [-0.25, -0.2) is 9.78 Å². The summed E-state index contributed by atoms with van der Waals surface area (Å²) in [4.78, 5) is 27.6. The molecule has 0 saturated heterocycles. The summed E-state index contributed by atoms with van der Waals surface area (Å²) >= 11 is 0.908. The number of thiazole rings is 1. The lowest BCUT2D eigenvalue weighted by atomic mass is 10.0. The van der Waals surface area contributed by atoms with Crippen molar-refractivity contribution in [3.63, 3.8) is 0 Å². The minimum atomic E-state index is -4.46. The number of halogens is 3. The fraction of sp³-hybridized carbons (Fsp3) is 0.118. The highest BCUT2D eigenvalue weighted by atomic mass is 32.1. The number of amides is 1. The highest BCUT2D eigenvalue weighted by molar-refractivity contribution is 7.22. The van der Waals surface area contributed by atoms with E-state index >= 15 is 0 Å². The Morgan fingerprint density at radius 3 is 2.50 bits per heavy atom. The molecule has 0 fully saturated rings. The van der Waals surface area contributed by atoms with Gasteiger partial charge in [-0.15, -0.1) is 0 Å². The number of nitrogens with one attached hydrogen (secondary N) is 1. The van der Waals surface area contributed by atoms with Crippen molar-refractivity contribution < 1.29 is 27.9 Å². The largest absolute Gasteiger partial charge is 0.478 e. The number of carbonyl (C=O) groups is 2. The Labute approximate surface area is 149 Å². The number of anilines is 1. The molecule has 0 aliphatic carbocycles. The monoisotopic (exact) mass is 380 g/mol. The highest BCUT2D eigenvalue weighted by Gasteiger charge is 2.30. The van der Waals surface area contributed by atoms with Crippen molar-refractivity contribution in [1.82, 2.24) is 4.98 Å². The van der Waals surface area contributed by atoms with E-state index in [0.29, 0.717) is 5.52 Å². The Morgan fingerprint density at radius 1 is 1.15 bits per heavy atom. The van der Waals surface area contributed by atoms with Gasteiger partial charge in [0.2, 0.25) is 0 Å². The van der Waals surface area contributed by atoms with Gasteiger partial charge >= 0.3 is 12.1 Å². The van der Waals surface area contributed by atoms with Crippen LogP contribution in [-0.4, -0.2) is 22.0 Å². The molecule has 0 bridgehead atoms. The normalized spacial score (nSPS) is 11.5. The number of alkyl halides is 3. The van der Waals surface area contributed by atoms with Gasteiger partial charge in [-0.05, 0) is 42.8 Å². The topological polar surface area (TPSA) is 79.3 Å². The Bertz CT molecular complexity index is 1030. The molecule has 0 atom stereocenters. The number of nitrogens with zero attached hydrogens (tertiary/aromatic N) is 1. The van der Waals surface area contributed by atoms with Crippen LogP contribution in [0.1, 0.15) is 31.8 Å². The van der Waals surface area contributed by atoms with Crippen molar-refractivity contribution in [2.75, 3.05) is 5.32 Å². The number of carboxylic acid groups (broad SMARTS) is 1. The molecule has 0 spiro atoms. The van der Waals surface area contributed by atoms with Crippen molar-refractivity contribution in [3.8, 4) is 0 Å². The molecule has 1 heterocycles. The maximum absolute atomic E-state index is 12.8. The molecule has 0 aliphatic heterocycles. The minimum absolute atomic E-state index is 0.00299. The van der Waals surface area contributed by atoms with Gasteiger partial charge in [-0.3, -0.25) is 10.1 Å². The Balaban J connectivity index is 1.91. The van der Waals surface area contributed by atoms with Gasteiger partial charge in [0.1, 0.15) is 0 Å². The molecule has 1 amide bonds. The summed E-state index contributed by atoms with van der Waals surface area (Å²) in [5.74, 6) is -1.74. The number of fused-ring (bicyclic) bond motifs is 1. The van der Waals surface area contributed by atoms with E-state index in [9.17, 15) is 22.8 Å². The molecule has 3 rings (SSSR count). The van der Waals surface area contributed by atoms with Gasteiger partial charge in [-0.2, -0.15) is 13.2 Å². The first-order valence-electron chi connectivity index (χ1n) is 7.29. The molecule has 134 valence electrons. The van der Waals surface area contributed by atoms with E-state index in [1.54, 1.807) is 0 Å². The van der Waals surface area contributed by atoms with Gasteiger partial charge in [-0.1, -0.05) is 17.4 Å². The van der Waals surface area contributed by atoms with E-state index in [4.69, 9.17) is 5.11 Å². The molecule has 26 heavy (non-hydrogen) atoms. The maximum atomic E-state index is 12.8. The zero-order chi connectivity index (χ0) is 19.1. The van der Waals surface area contributed by atoms with E-state index in [1.165, 1.54) is 31.2 Å². The van der Waals surface area contributed by atoms with Crippen LogP contribution in [0.25, 0.3) is 10.2 Å². The smallest absolute Gasteiger partial charge is 0.416 e. The molecule has 0 radical (unpaired) electrons. The number of hydrogen-bond acceptors (Lipinski definition) is 4. The summed E-state index contributed by atoms with van der Waals surface area (Å²) in [6, 6.07) is 7.42. The van der Waals surface area contributed by atoms with E-state index < -0.39 is 23.6 Å². The fourth-order valence-corrected chi connectivity index (χ4v) is 3.33. The Hall–Kier alpha value is -2.94. The number of carbonyl (C=O) groups excluding carboxylic acids is 1. The zero-order valence-corrected chi connectivity index (χ0v) is 14.0. The highest BCUT2D eigenvalue weighted by Crippen LogP contribution is 2.34. The number of rotatable bonds is 3. The minimum Gasteiger partial charge on any atom is -0.478 e. The molecule has 1 aromatic heterocycles. The van der Waals surface area contributed by atoms with Crippen LogP contribution in [0.3, 0.4) is 0 Å². The summed E-state index contributed by atoms with van der Waals surface area (Å²) in [5.41, 5.74) is -0.0271. The van der Waals surface area contributed by atoms with Crippen molar-refractivity contribution in [3.05, 3.63) is 58.7 Å². The van der Waals surface area contributed by atoms with E-state index in [1.807, 2.05) is 0 Å². The van der Waals surface area contributed by atoms with Crippen molar-refractivity contribution in [2.24, 2.45) is 0 Å². The third-order valence-corrected chi connectivity index (χ3v) is 4.68. The standard InChI is InChI=1S/C17H11F3N2O3S/c1-8-10(3-2-4-11(8)15(24)25)14(23)22-16-21-12-6-5-9(17(18,19)20)7-13(12)26-16/h2-7H,1H3,(H,24,25)(H,21,22,23). The lowest BCUT2D eigenvalue weighted by Gasteiger charge is -2.07. The van der Waals surface area contributed by atoms with Gasteiger partial charge in [0, 0.05) is 5.56 Å². The van der Waals surface area contributed by atoms with E-state index in [2.05, 4.69) is 10.3 Å². The third kappa shape index (κ3) is 3.38. The maximum Gasteiger partial charge on any atom is 0.416 e. The van der Waals surface area contributed by atoms with Crippen molar-refractivity contribution in [1.29, 1.82) is 0 Å². The quantitative estimate of drug-likeness (QED) is 0.697. The second-order valence-electron chi connectivity index (χ2n) is 5.44. The fourth-order valence-electron chi connectivity index (χ4n) is 2.43. The average Bonchev–Trinajstić information content (AvgIpc) is 2.95. The Morgan fingerprint density at radius 2 is 1.85 bits per heavy atom. The third-order valence-electron chi connectivity index (χ3n) is 3.75. The SMILES string of the molecule is Cc1c(C(=O)O)cccc1C(=O)Nc1nc2ccc(C(F)(F)F)cc2s1. The summed E-state index contributed by atoms with van der Waals surface area (Å²) < 4.78 is 38.6. The molecule has 3 aromatic rings. The first-order valence-corrected chi connectivity index (χ1v) is 8.10. The Kier molecular flexibility index (Phi) is 4.41. The lowest BCUT2D eigenvalue weighted by Crippen LogP contribution is -2.15. The summed E-state index contributed by atoms with van der Waals surface area (Å²) in [7, 11) is 0. The predicted octanol–water partition coefficient (Wildman–Crippen LogP) is 4.57. The van der Waals surface area contributed by atoms with Crippen LogP contribution in [-0.2, 0) is 6.18 Å². The number of carboxylic acids is 1. The van der Waals surface area contributed by atoms with Crippen molar-refractivity contribution in [2.45, 2.75) is 13.1 Å². The molecule has 2 aromatic carbocycles. The summed E-state index contributed by atoms with van der Waals surface area (Å²) in [6.45, 7) is 1.51. The molecule has 0 aliphatic rings. The molecule has 9 heteroatoms. The van der Waals surface area contributed by atoms with Crippen molar-refractivity contribution >= 4 is 38.6 Å². The van der Waals surface area contributed by atoms with Gasteiger partial charge < -0.3 is 5.11 Å². The van der Waals surface area contributed by atoms with Crippen LogP contribution < -0.4 is 5.32 Å². The van der Waals surface area contributed by atoms with Gasteiger partial charge in [0.15, 0.2) is 5.13 Å². The molecular formula is C17H11F3N2O3S. The first-order chi connectivity index (χ1) is 12.2. The van der Waals surface area contributed by atoms with Crippen LogP contribution in [0.15, 0.2) is 36.4 Å².